The predicted molar refractivity (Wildman–Crippen MR) is 51.5 cm³/mol. The minimum atomic E-state index is 0.0318. The van der Waals surface area contributed by atoms with E-state index < -0.39 is 0 Å². The molecule has 0 fully saturated rings. The second-order valence-corrected chi connectivity index (χ2v) is 4.22. The third kappa shape index (κ3) is 1.35. The van der Waals surface area contributed by atoms with Crippen LogP contribution in [0.4, 0.5) is 0 Å². The Kier molecular flexibility index (Phi) is 2.45. The van der Waals surface area contributed by atoms with Gasteiger partial charge >= 0.3 is 0 Å². The zero-order valence-corrected chi connectivity index (χ0v) is 8.72. The molecule has 0 N–H and O–H groups in total. The number of nitrogens with zero attached hydrogens (tertiary/aromatic N) is 1. The first-order chi connectivity index (χ1) is 5.49. The van der Waals surface area contributed by atoms with Crippen LogP contribution >= 0.6 is 0 Å². The van der Waals surface area contributed by atoms with Crippen molar-refractivity contribution in [3.63, 3.8) is 0 Å². The number of rotatable bonds is 2. The van der Waals surface area contributed by atoms with Gasteiger partial charge < -0.3 is 4.74 Å². The average Bonchev–Trinajstić information content (AvgIpc) is 2.32. The Balaban J connectivity index is 2.90. The maximum Gasteiger partial charge on any atom is 0.180 e. The Labute approximate surface area is 75.0 Å². The van der Waals surface area contributed by atoms with Crippen molar-refractivity contribution >= 4 is 5.90 Å². The monoisotopic (exact) mass is 169 g/mol. The first kappa shape index (κ1) is 9.56. The van der Waals surface area contributed by atoms with Gasteiger partial charge in [-0.15, -0.1) is 0 Å². The molecule has 0 aromatic heterocycles. The number of hydrogen-bond donors (Lipinski definition) is 0. The Morgan fingerprint density at radius 2 is 1.75 bits per heavy atom. The van der Waals surface area contributed by atoms with Crippen molar-refractivity contribution in [2.24, 2.45) is 16.8 Å². The molecule has 1 heterocycles. The highest BCUT2D eigenvalue weighted by Crippen LogP contribution is 2.34. The third-order valence-electron chi connectivity index (χ3n) is 2.88. The van der Waals surface area contributed by atoms with Crippen molar-refractivity contribution in [2.75, 3.05) is 6.61 Å². The van der Waals surface area contributed by atoms with E-state index in [1.54, 1.807) is 0 Å². The summed E-state index contributed by atoms with van der Waals surface area (Å²) >= 11 is 0. The summed E-state index contributed by atoms with van der Waals surface area (Å²) in [6.07, 6.45) is 0. The number of ether oxygens (including phenoxy) is 1. The smallest absolute Gasteiger partial charge is 0.180 e. The van der Waals surface area contributed by atoms with Gasteiger partial charge in [0, 0.05) is 6.92 Å². The van der Waals surface area contributed by atoms with Gasteiger partial charge in [-0.25, -0.2) is 4.99 Å². The van der Waals surface area contributed by atoms with Crippen LogP contribution in [-0.4, -0.2) is 18.0 Å². The van der Waals surface area contributed by atoms with Gasteiger partial charge in [-0.3, -0.25) is 0 Å². The largest absolute Gasteiger partial charge is 0.479 e. The molecule has 2 nitrogen and oxygen atoms in total. The van der Waals surface area contributed by atoms with Crippen LogP contribution in [0.1, 0.15) is 34.6 Å². The van der Waals surface area contributed by atoms with Gasteiger partial charge in [0.25, 0.3) is 0 Å². The fourth-order valence-electron chi connectivity index (χ4n) is 1.84. The summed E-state index contributed by atoms with van der Waals surface area (Å²) in [5.74, 6) is 1.95. The molecule has 0 aromatic rings. The maximum absolute atomic E-state index is 5.44. The van der Waals surface area contributed by atoms with Gasteiger partial charge in [-0.2, -0.15) is 0 Å². The Morgan fingerprint density at radius 3 is 1.92 bits per heavy atom. The van der Waals surface area contributed by atoms with Crippen LogP contribution in [-0.2, 0) is 4.74 Å². The van der Waals surface area contributed by atoms with E-state index in [0.29, 0.717) is 11.8 Å². The summed E-state index contributed by atoms with van der Waals surface area (Å²) in [6.45, 7) is 11.6. The first-order valence-electron chi connectivity index (χ1n) is 4.68. The van der Waals surface area contributed by atoms with Crippen LogP contribution in [0.15, 0.2) is 4.99 Å². The average molecular weight is 169 g/mol. The molecule has 0 radical (unpaired) electrons. The topological polar surface area (TPSA) is 21.6 Å². The van der Waals surface area contributed by atoms with Gasteiger partial charge in [0.05, 0.1) is 0 Å². The molecule has 0 bridgehead atoms. The molecule has 2 heteroatoms. The van der Waals surface area contributed by atoms with Crippen molar-refractivity contribution in [3.8, 4) is 0 Å². The Bertz CT molecular complexity index is 186. The second kappa shape index (κ2) is 3.08. The highest BCUT2D eigenvalue weighted by atomic mass is 16.5. The van der Waals surface area contributed by atoms with Crippen LogP contribution in [0.2, 0.25) is 0 Å². The molecular weight excluding hydrogens is 150 g/mol. The zero-order valence-electron chi connectivity index (χ0n) is 8.72. The van der Waals surface area contributed by atoms with E-state index in [0.717, 1.165) is 12.5 Å². The molecule has 0 amide bonds. The molecule has 0 aromatic carbocycles. The Morgan fingerprint density at radius 1 is 1.25 bits per heavy atom. The molecule has 1 aliphatic heterocycles. The fourth-order valence-corrected chi connectivity index (χ4v) is 1.84. The summed E-state index contributed by atoms with van der Waals surface area (Å²) in [4.78, 5) is 4.61. The molecular formula is C10H19NO. The van der Waals surface area contributed by atoms with E-state index in [1.165, 1.54) is 0 Å². The van der Waals surface area contributed by atoms with E-state index in [9.17, 15) is 0 Å². The molecule has 1 rings (SSSR count). The predicted octanol–water partition coefficient (Wildman–Crippen LogP) is 2.49. The molecule has 0 unspecified atom stereocenters. The van der Waals surface area contributed by atoms with Crippen molar-refractivity contribution < 1.29 is 4.74 Å². The van der Waals surface area contributed by atoms with Gasteiger partial charge in [0.1, 0.15) is 12.1 Å². The van der Waals surface area contributed by atoms with E-state index in [2.05, 4.69) is 32.7 Å². The van der Waals surface area contributed by atoms with E-state index in [-0.39, 0.29) is 5.54 Å². The summed E-state index contributed by atoms with van der Waals surface area (Å²) in [5, 5.41) is 0. The van der Waals surface area contributed by atoms with Crippen LogP contribution in [0, 0.1) is 11.8 Å². The molecule has 0 spiro atoms. The van der Waals surface area contributed by atoms with E-state index in [1.807, 2.05) is 6.92 Å². The van der Waals surface area contributed by atoms with Crippen LogP contribution in [0.25, 0.3) is 0 Å². The summed E-state index contributed by atoms with van der Waals surface area (Å²) in [7, 11) is 0. The molecule has 1 aliphatic rings. The van der Waals surface area contributed by atoms with Gasteiger partial charge in [0.2, 0.25) is 0 Å². The molecule has 12 heavy (non-hydrogen) atoms. The number of hydrogen-bond acceptors (Lipinski definition) is 2. The van der Waals surface area contributed by atoms with Crippen molar-refractivity contribution in [1.29, 1.82) is 0 Å². The highest BCUT2D eigenvalue weighted by Gasteiger charge is 2.41. The van der Waals surface area contributed by atoms with Crippen LogP contribution in [0.5, 0.6) is 0 Å². The molecule has 0 atom stereocenters. The van der Waals surface area contributed by atoms with E-state index in [4.69, 9.17) is 4.74 Å². The Hall–Kier alpha value is -0.530. The molecule has 70 valence electrons. The third-order valence-corrected chi connectivity index (χ3v) is 2.88. The normalized spacial score (nSPS) is 21.4. The lowest BCUT2D eigenvalue weighted by Gasteiger charge is -2.32. The molecule has 0 saturated carbocycles. The van der Waals surface area contributed by atoms with Gasteiger partial charge in [-0.05, 0) is 11.8 Å². The van der Waals surface area contributed by atoms with Crippen molar-refractivity contribution in [3.05, 3.63) is 0 Å². The van der Waals surface area contributed by atoms with Crippen LogP contribution in [0.3, 0.4) is 0 Å². The summed E-state index contributed by atoms with van der Waals surface area (Å²) < 4.78 is 5.44. The van der Waals surface area contributed by atoms with E-state index >= 15 is 0 Å². The first-order valence-corrected chi connectivity index (χ1v) is 4.68. The van der Waals surface area contributed by atoms with Crippen molar-refractivity contribution in [2.45, 2.75) is 40.2 Å². The lowest BCUT2D eigenvalue weighted by Crippen LogP contribution is -2.40. The lowest BCUT2D eigenvalue weighted by atomic mass is 9.78. The molecule has 0 saturated heterocycles. The second-order valence-electron chi connectivity index (χ2n) is 4.22. The SMILES string of the molecule is CC1=NC(C(C)C)(C(C)C)CO1. The summed E-state index contributed by atoms with van der Waals surface area (Å²) in [6, 6.07) is 0. The minimum Gasteiger partial charge on any atom is -0.479 e. The molecule has 0 aliphatic carbocycles. The van der Waals surface area contributed by atoms with Crippen molar-refractivity contribution in [1.82, 2.24) is 0 Å². The summed E-state index contributed by atoms with van der Waals surface area (Å²) in [5.41, 5.74) is 0.0318. The number of aliphatic imine (C=N–C) groups is 1. The highest BCUT2D eigenvalue weighted by molar-refractivity contribution is 5.75. The van der Waals surface area contributed by atoms with Crippen LogP contribution < -0.4 is 0 Å². The fraction of sp³-hybridized carbons (Fsp3) is 0.900. The van der Waals surface area contributed by atoms with Gasteiger partial charge in [0.15, 0.2) is 5.90 Å². The zero-order chi connectivity index (χ0) is 9.35. The van der Waals surface area contributed by atoms with Gasteiger partial charge in [-0.1, -0.05) is 27.7 Å². The lowest BCUT2D eigenvalue weighted by molar-refractivity contribution is 0.159. The quantitative estimate of drug-likeness (QED) is 0.622. The minimum absolute atomic E-state index is 0.0318. The standard InChI is InChI=1S/C10H19NO/c1-7(2)10(8(3)4)6-12-9(5)11-10/h7-8H,6H2,1-5H3. The maximum atomic E-state index is 5.44.